The Balaban J connectivity index is 0. The Morgan fingerprint density at radius 3 is 1.27 bits per heavy atom. The van der Waals surface area contributed by atoms with Gasteiger partial charge in [0.1, 0.15) is 0 Å². The van der Waals surface area contributed by atoms with Gasteiger partial charge in [-0.15, -0.1) is 0 Å². The van der Waals surface area contributed by atoms with E-state index in [0.717, 1.165) is 12.8 Å². The summed E-state index contributed by atoms with van der Waals surface area (Å²) in [5, 5.41) is 72.3. The van der Waals surface area contributed by atoms with Crippen molar-refractivity contribution >= 4 is 11.9 Å². The summed E-state index contributed by atoms with van der Waals surface area (Å²) in [5.41, 5.74) is -3.15. The molecule has 0 fully saturated rings. The standard InChI is InChI=1S/C18H36O2.C11H22O9/c1-2-3-4-5-6-7-8-9-10-11-12-13-14-15-16-17-18(19)20;12-1-10(2-13,3-14)6-20-7-11(4-15,5-16)8(17)9(18)19/h2-17H2,1H3,(H,19,20);8,12-17H,1-7H2,(H,18,19). The van der Waals surface area contributed by atoms with E-state index >= 15 is 0 Å². The van der Waals surface area contributed by atoms with E-state index in [1.807, 2.05) is 0 Å². The Hall–Kier alpha value is -1.34. The maximum absolute atomic E-state index is 10.7. The van der Waals surface area contributed by atoms with Crippen LogP contribution in [0.25, 0.3) is 0 Å². The SMILES string of the molecule is CCCCCCCCCCCCCCCCCC(=O)O.O=C(O)C(O)C(CO)(CO)COCC(CO)(CO)CO. The second-order valence-electron chi connectivity index (χ2n) is 11.0. The fourth-order valence-corrected chi connectivity index (χ4v) is 4.06. The maximum Gasteiger partial charge on any atom is 0.333 e. The molecule has 0 aromatic heterocycles. The third-order valence-corrected chi connectivity index (χ3v) is 7.24. The molecule has 0 aliphatic carbocycles. The quantitative estimate of drug-likeness (QED) is 0.0661. The van der Waals surface area contributed by atoms with Crippen LogP contribution >= 0.6 is 0 Å². The lowest BCUT2D eigenvalue weighted by molar-refractivity contribution is -0.170. The lowest BCUT2D eigenvalue weighted by Gasteiger charge is -2.34. The first-order chi connectivity index (χ1) is 19.1. The third-order valence-electron chi connectivity index (χ3n) is 7.24. The van der Waals surface area contributed by atoms with Gasteiger partial charge < -0.3 is 45.6 Å². The van der Waals surface area contributed by atoms with E-state index < -0.39 is 68.5 Å². The van der Waals surface area contributed by atoms with Crippen molar-refractivity contribution in [2.45, 2.75) is 116 Å². The van der Waals surface area contributed by atoms with Crippen molar-refractivity contribution in [1.29, 1.82) is 0 Å². The van der Waals surface area contributed by atoms with Gasteiger partial charge in [0.2, 0.25) is 0 Å². The van der Waals surface area contributed by atoms with Gasteiger partial charge in [-0.3, -0.25) is 4.79 Å². The van der Waals surface area contributed by atoms with E-state index in [1.54, 1.807) is 0 Å². The van der Waals surface area contributed by atoms with Gasteiger partial charge in [-0.05, 0) is 6.42 Å². The minimum atomic E-state index is -2.05. The molecule has 0 aliphatic heterocycles. The number of ether oxygens (including phenoxy) is 1. The molecule has 0 aromatic carbocycles. The number of rotatable bonds is 27. The summed E-state index contributed by atoms with van der Waals surface area (Å²) >= 11 is 0. The number of carboxylic acids is 2. The van der Waals surface area contributed by atoms with Crippen LogP contribution in [0.5, 0.6) is 0 Å². The smallest absolute Gasteiger partial charge is 0.333 e. The van der Waals surface area contributed by atoms with Crippen LogP contribution in [0.2, 0.25) is 0 Å². The number of carboxylic acid groups (broad SMARTS) is 2. The largest absolute Gasteiger partial charge is 0.481 e. The normalized spacial score (nSPS) is 12.6. The molecule has 0 rings (SSSR count). The van der Waals surface area contributed by atoms with E-state index in [2.05, 4.69) is 6.92 Å². The molecule has 1 atom stereocenters. The summed E-state index contributed by atoms with van der Waals surface area (Å²) in [6, 6.07) is 0. The Bertz CT molecular complexity index is 584. The van der Waals surface area contributed by atoms with Crippen molar-refractivity contribution in [2.24, 2.45) is 10.8 Å². The number of hydrogen-bond donors (Lipinski definition) is 8. The van der Waals surface area contributed by atoms with Gasteiger partial charge in [0.25, 0.3) is 0 Å². The van der Waals surface area contributed by atoms with E-state index in [9.17, 15) is 24.9 Å². The van der Waals surface area contributed by atoms with Gasteiger partial charge in [0.05, 0.1) is 57.1 Å². The van der Waals surface area contributed by atoms with Crippen LogP contribution in [0.4, 0.5) is 0 Å². The fraction of sp³-hybridized carbons (Fsp3) is 0.931. The average molecular weight is 583 g/mol. The van der Waals surface area contributed by atoms with E-state index in [-0.39, 0.29) is 6.61 Å². The Kier molecular flexibility index (Phi) is 27.1. The van der Waals surface area contributed by atoms with E-state index in [4.69, 9.17) is 30.3 Å². The highest BCUT2D eigenvalue weighted by Gasteiger charge is 2.43. The van der Waals surface area contributed by atoms with Crippen LogP contribution in [0.3, 0.4) is 0 Å². The topological polar surface area (TPSA) is 205 Å². The van der Waals surface area contributed by atoms with Crippen LogP contribution in [0.1, 0.15) is 110 Å². The molecular formula is C29H58O11. The highest BCUT2D eigenvalue weighted by atomic mass is 16.5. The number of aliphatic hydroxyl groups excluding tert-OH is 6. The monoisotopic (exact) mass is 582 g/mol. The number of aliphatic hydroxyl groups is 6. The van der Waals surface area contributed by atoms with Crippen LogP contribution < -0.4 is 0 Å². The summed E-state index contributed by atoms with van der Waals surface area (Å²) < 4.78 is 5.07. The highest BCUT2D eigenvalue weighted by Crippen LogP contribution is 2.24. The van der Waals surface area contributed by atoms with Crippen molar-refractivity contribution in [2.75, 3.05) is 46.2 Å². The molecule has 0 aromatic rings. The molecule has 0 saturated heterocycles. The predicted molar refractivity (Wildman–Crippen MR) is 152 cm³/mol. The van der Waals surface area contributed by atoms with Crippen molar-refractivity contribution in [1.82, 2.24) is 0 Å². The Morgan fingerprint density at radius 1 is 0.600 bits per heavy atom. The third kappa shape index (κ3) is 19.7. The molecular weight excluding hydrogens is 524 g/mol. The minimum Gasteiger partial charge on any atom is -0.481 e. The molecule has 11 heteroatoms. The summed E-state index contributed by atoms with van der Waals surface area (Å²) in [6.07, 6.45) is 18.1. The van der Waals surface area contributed by atoms with Crippen LogP contribution in [0.15, 0.2) is 0 Å². The first-order valence-electron chi connectivity index (χ1n) is 14.9. The number of carbonyl (C=O) groups is 2. The zero-order chi connectivity index (χ0) is 30.7. The first-order valence-corrected chi connectivity index (χ1v) is 14.9. The highest BCUT2D eigenvalue weighted by molar-refractivity contribution is 5.73. The summed E-state index contributed by atoms with van der Waals surface area (Å²) in [4.78, 5) is 21.1. The summed E-state index contributed by atoms with van der Waals surface area (Å²) in [6.45, 7) is -2.03. The van der Waals surface area contributed by atoms with Crippen molar-refractivity contribution in [3.05, 3.63) is 0 Å². The number of aliphatic carboxylic acids is 2. The van der Waals surface area contributed by atoms with Gasteiger partial charge >= 0.3 is 11.9 Å². The molecule has 11 nitrogen and oxygen atoms in total. The number of unbranched alkanes of at least 4 members (excludes halogenated alkanes) is 14. The van der Waals surface area contributed by atoms with E-state index in [0.29, 0.717) is 6.42 Å². The van der Waals surface area contributed by atoms with Gasteiger partial charge in [-0.2, -0.15) is 0 Å². The molecule has 240 valence electrons. The fourth-order valence-electron chi connectivity index (χ4n) is 4.06. The molecule has 0 spiro atoms. The van der Waals surface area contributed by atoms with Crippen LogP contribution in [-0.2, 0) is 14.3 Å². The van der Waals surface area contributed by atoms with Crippen molar-refractivity contribution in [3.8, 4) is 0 Å². The van der Waals surface area contributed by atoms with Crippen LogP contribution in [-0.4, -0.2) is 105 Å². The molecule has 0 saturated carbocycles. The summed E-state index contributed by atoms with van der Waals surface area (Å²) in [5.74, 6) is -2.28. The lowest BCUT2D eigenvalue weighted by atomic mass is 9.84. The first kappa shape index (κ1) is 40.8. The molecule has 0 aliphatic rings. The Labute approximate surface area is 240 Å². The van der Waals surface area contributed by atoms with E-state index in [1.165, 1.54) is 83.5 Å². The molecule has 8 N–H and O–H groups in total. The van der Waals surface area contributed by atoms with Gasteiger partial charge in [-0.1, -0.05) is 96.8 Å². The average Bonchev–Trinajstić information content (AvgIpc) is 2.95. The molecule has 0 bridgehead atoms. The van der Waals surface area contributed by atoms with Gasteiger partial charge in [0.15, 0.2) is 6.10 Å². The molecule has 40 heavy (non-hydrogen) atoms. The van der Waals surface area contributed by atoms with Crippen molar-refractivity contribution < 1.29 is 55.2 Å². The second kappa shape index (κ2) is 26.6. The zero-order valence-corrected chi connectivity index (χ0v) is 24.6. The maximum atomic E-state index is 10.7. The van der Waals surface area contributed by atoms with Gasteiger partial charge in [0, 0.05) is 6.42 Å². The lowest BCUT2D eigenvalue weighted by Crippen LogP contribution is -2.50. The molecule has 0 amide bonds. The van der Waals surface area contributed by atoms with Crippen LogP contribution in [0, 0.1) is 10.8 Å². The second-order valence-corrected chi connectivity index (χ2v) is 11.0. The Morgan fingerprint density at radius 2 is 0.975 bits per heavy atom. The van der Waals surface area contributed by atoms with Crippen molar-refractivity contribution in [3.63, 3.8) is 0 Å². The van der Waals surface area contributed by atoms with Gasteiger partial charge in [-0.25, -0.2) is 4.79 Å². The number of hydrogen-bond acceptors (Lipinski definition) is 9. The summed E-state index contributed by atoms with van der Waals surface area (Å²) in [7, 11) is 0. The minimum absolute atomic E-state index is 0.343. The molecule has 0 radical (unpaired) electrons. The zero-order valence-electron chi connectivity index (χ0n) is 24.6. The predicted octanol–water partition coefficient (Wildman–Crippen LogP) is 2.72. The molecule has 0 heterocycles. The molecule has 1 unspecified atom stereocenters.